The highest BCUT2D eigenvalue weighted by molar-refractivity contribution is 5.98. The van der Waals surface area contributed by atoms with E-state index >= 15 is 0 Å². The molecule has 0 spiro atoms. The minimum atomic E-state index is -0.231. The molecule has 3 rings (SSSR count). The molecule has 100 valence electrons. The van der Waals surface area contributed by atoms with Crippen molar-refractivity contribution >= 4 is 10.8 Å². The summed E-state index contributed by atoms with van der Waals surface area (Å²) in [5, 5.41) is 1.92. The van der Waals surface area contributed by atoms with Gasteiger partial charge in [-0.1, -0.05) is 42.5 Å². The highest BCUT2D eigenvalue weighted by Gasteiger charge is 2.14. The molecule has 0 bridgehead atoms. The predicted octanol–water partition coefficient (Wildman–Crippen LogP) is 4.96. The molecule has 0 N–H and O–H groups in total. The smallest absolute Gasteiger partial charge is 0.131 e. The largest absolute Gasteiger partial charge is 0.496 e. The Bertz CT molecular complexity index is 777. The third kappa shape index (κ3) is 2.03. The van der Waals surface area contributed by atoms with Crippen LogP contribution in [-0.2, 0) is 0 Å². The molecule has 1 nitrogen and oxygen atoms in total. The molecule has 0 saturated heterocycles. The van der Waals surface area contributed by atoms with Crippen molar-refractivity contribution < 1.29 is 9.13 Å². The van der Waals surface area contributed by atoms with Gasteiger partial charge in [-0.2, -0.15) is 0 Å². The highest BCUT2D eigenvalue weighted by Crippen LogP contribution is 2.37. The van der Waals surface area contributed by atoms with Gasteiger partial charge in [0.1, 0.15) is 11.6 Å². The summed E-state index contributed by atoms with van der Waals surface area (Å²) in [7, 11) is 1.61. The molecule has 20 heavy (non-hydrogen) atoms. The number of hydrogen-bond donors (Lipinski definition) is 0. The average molecular weight is 266 g/mol. The van der Waals surface area contributed by atoms with Gasteiger partial charge in [0.2, 0.25) is 0 Å². The van der Waals surface area contributed by atoms with Crippen LogP contribution >= 0.6 is 0 Å². The lowest BCUT2D eigenvalue weighted by Gasteiger charge is -2.13. The van der Waals surface area contributed by atoms with Gasteiger partial charge in [-0.05, 0) is 35.4 Å². The monoisotopic (exact) mass is 266 g/mol. The first-order valence-electron chi connectivity index (χ1n) is 6.53. The summed E-state index contributed by atoms with van der Waals surface area (Å²) in [4.78, 5) is 0. The van der Waals surface area contributed by atoms with Gasteiger partial charge in [0.15, 0.2) is 0 Å². The Kier molecular flexibility index (Phi) is 3.15. The molecule has 0 unspecified atom stereocenters. The molecular formula is C18H15FO. The number of methoxy groups -OCH3 is 1. The molecule has 0 aliphatic heterocycles. The van der Waals surface area contributed by atoms with Gasteiger partial charge >= 0.3 is 0 Å². The lowest BCUT2D eigenvalue weighted by Crippen LogP contribution is -1.92. The quantitative estimate of drug-likeness (QED) is 0.636. The lowest BCUT2D eigenvalue weighted by molar-refractivity contribution is 0.416. The van der Waals surface area contributed by atoms with E-state index in [2.05, 4.69) is 0 Å². The second kappa shape index (κ2) is 4.97. The van der Waals surface area contributed by atoms with Crippen molar-refractivity contribution in [2.45, 2.75) is 6.92 Å². The Hall–Kier alpha value is -2.35. The Balaban J connectivity index is 2.37. The topological polar surface area (TPSA) is 9.23 Å². The van der Waals surface area contributed by atoms with Gasteiger partial charge in [-0.3, -0.25) is 0 Å². The molecular weight excluding hydrogens is 251 g/mol. The van der Waals surface area contributed by atoms with Crippen molar-refractivity contribution in [2.75, 3.05) is 7.11 Å². The second-order valence-electron chi connectivity index (χ2n) is 4.85. The molecule has 0 heterocycles. The summed E-state index contributed by atoms with van der Waals surface area (Å²) >= 11 is 0. The van der Waals surface area contributed by atoms with Gasteiger partial charge in [0, 0.05) is 11.1 Å². The maximum Gasteiger partial charge on any atom is 0.131 e. The van der Waals surface area contributed by atoms with Crippen LogP contribution in [0.5, 0.6) is 5.75 Å². The van der Waals surface area contributed by atoms with Crippen molar-refractivity contribution in [1.82, 2.24) is 0 Å². The van der Waals surface area contributed by atoms with Crippen LogP contribution in [0, 0.1) is 12.7 Å². The number of fused-ring (bicyclic) bond motifs is 1. The maximum atomic E-state index is 14.4. The number of rotatable bonds is 2. The van der Waals surface area contributed by atoms with Crippen LogP contribution in [0.4, 0.5) is 4.39 Å². The summed E-state index contributed by atoms with van der Waals surface area (Å²) in [5.74, 6) is 0.464. The normalized spacial score (nSPS) is 10.8. The van der Waals surface area contributed by atoms with Crippen molar-refractivity contribution in [3.05, 3.63) is 66.0 Å². The van der Waals surface area contributed by atoms with E-state index in [-0.39, 0.29) is 5.82 Å². The van der Waals surface area contributed by atoms with Gasteiger partial charge in [0.25, 0.3) is 0 Å². The standard InChI is InChI=1S/C18H15FO/c1-12-7-9-15(17(11-12)20-2)18-14-6-4-3-5-13(14)8-10-16(18)19/h3-11H,1-2H3. The summed E-state index contributed by atoms with van der Waals surface area (Å²) in [6.45, 7) is 1.99. The minimum absolute atomic E-state index is 0.231. The third-order valence-corrected chi connectivity index (χ3v) is 3.50. The number of halogens is 1. The van der Waals surface area contributed by atoms with Crippen LogP contribution in [0.1, 0.15) is 5.56 Å². The van der Waals surface area contributed by atoms with Crippen LogP contribution in [0.3, 0.4) is 0 Å². The Morgan fingerprint density at radius 3 is 2.55 bits per heavy atom. The van der Waals surface area contributed by atoms with E-state index < -0.39 is 0 Å². The highest BCUT2D eigenvalue weighted by atomic mass is 19.1. The number of ether oxygens (including phenoxy) is 1. The van der Waals surface area contributed by atoms with Crippen molar-refractivity contribution in [1.29, 1.82) is 0 Å². The van der Waals surface area contributed by atoms with E-state index in [0.717, 1.165) is 21.9 Å². The first kappa shape index (κ1) is 12.7. The molecule has 0 aliphatic rings. The Morgan fingerprint density at radius 2 is 1.75 bits per heavy atom. The zero-order valence-electron chi connectivity index (χ0n) is 11.5. The predicted molar refractivity (Wildman–Crippen MR) is 80.6 cm³/mol. The van der Waals surface area contributed by atoms with E-state index in [9.17, 15) is 4.39 Å². The summed E-state index contributed by atoms with van der Waals surface area (Å²) in [6, 6.07) is 16.9. The summed E-state index contributed by atoms with van der Waals surface area (Å²) < 4.78 is 19.8. The molecule has 0 amide bonds. The van der Waals surface area contributed by atoms with Crippen molar-refractivity contribution in [3.8, 4) is 16.9 Å². The molecule has 0 radical (unpaired) electrons. The fourth-order valence-corrected chi connectivity index (χ4v) is 2.52. The zero-order valence-corrected chi connectivity index (χ0v) is 11.5. The van der Waals surface area contributed by atoms with E-state index in [4.69, 9.17) is 4.74 Å². The van der Waals surface area contributed by atoms with E-state index in [1.54, 1.807) is 13.2 Å². The molecule has 0 atom stereocenters. The van der Waals surface area contributed by atoms with Gasteiger partial charge < -0.3 is 4.74 Å². The minimum Gasteiger partial charge on any atom is -0.496 e. The molecule has 0 aromatic heterocycles. The first-order chi connectivity index (χ1) is 9.70. The fraction of sp³-hybridized carbons (Fsp3) is 0.111. The van der Waals surface area contributed by atoms with Crippen molar-refractivity contribution in [3.63, 3.8) is 0 Å². The van der Waals surface area contributed by atoms with Crippen LogP contribution in [-0.4, -0.2) is 7.11 Å². The lowest BCUT2D eigenvalue weighted by atomic mass is 9.96. The molecule has 0 saturated carbocycles. The van der Waals surface area contributed by atoms with Gasteiger partial charge in [-0.15, -0.1) is 0 Å². The third-order valence-electron chi connectivity index (χ3n) is 3.50. The van der Waals surface area contributed by atoms with Crippen LogP contribution in [0.2, 0.25) is 0 Å². The number of aryl methyl sites for hydroxylation is 1. The van der Waals surface area contributed by atoms with Gasteiger partial charge in [0.05, 0.1) is 7.11 Å². The van der Waals surface area contributed by atoms with E-state index in [0.29, 0.717) is 11.3 Å². The maximum absolute atomic E-state index is 14.4. The van der Waals surface area contributed by atoms with Crippen LogP contribution < -0.4 is 4.74 Å². The molecule has 2 heteroatoms. The van der Waals surface area contributed by atoms with Crippen LogP contribution in [0.25, 0.3) is 21.9 Å². The van der Waals surface area contributed by atoms with E-state index in [1.807, 2.05) is 49.4 Å². The van der Waals surface area contributed by atoms with E-state index in [1.165, 1.54) is 6.07 Å². The molecule has 0 aliphatic carbocycles. The molecule has 3 aromatic carbocycles. The van der Waals surface area contributed by atoms with Crippen molar-refractivity contribution in [2.24, 2.45) is 0 Å². The Morgan fingerprint density at radius 1 is 0.950 bits per heavy atom. The average Bonchev–Trinajstić information content (AvgIpc) is 2.48. The second-order valence-corrected chi connectivity index (χ2v) is 4.85. The number of benzene rings is 3. The molecule has 0 fully saturated rings. The summed E-state index contributed by atoms with van der Waals surface area (Å²) in [5.41, 5.74) is 2.47. The summed E-state index contributed by atoms with van der Waals surface area (Å²) in [6.07, 6.45) is 0. The number of hydrogen-bond acceptors (Lipinski definition) is 1. The first-order valence-corrected chi connectivity index (χ1v) is 6.53. The Labute approximate surface area is 117 Å². The SMILES string of the molecule is COc1cc(C)ccc1-c1c(F)ccc2ccccc12. The van der Waals surface area contributed by atoms with Crippen LogP contribution in [0.15, 0.2) is 54.6 Å². The fourth-order valence-electron chi connectivity index (χ4n) is 2.52. The van der Waals surface area contributed by atoms with Gasteiger partial charge in [-0.25, -0.2) is 4.39 Å². The molecule has 3 aromatic rings. The zero-order chi connectivity index (χ0) is 14.1.